The Morgan fingerprint density at radius 3 is 1.47 bits per heavy atom. The Kier molecular flexibility index (Phi) is 11.1. The summed E-state index contributed by atoms with van der Waals surface area (Å²) in [5.41, 5.74) is 1.16. The number of nitrogens with one attached hydrogen (secondary N) is 2. The molecule has 0 spiro atoms. The van der Waals surface area contributed by atoms with E-state index in [4.69, 9.17) is 23.2 Å². The highest BCUT2D eigenvalue weighted by molar-refractivity contribution is 8.76. The van der Waals surface area contributed by atoms with Gasteiger partial charge in [-0.25, -0.2) is 0 Å². The zero-order chi connectivity index (χ0) is 27.1. The number of halogens is 2. The number of nitrogens with zero attached hydrogens (tertiary/aromatic N) is 2. The number of carbonyl (C=O) groups excluding carboxylic acids is 2. The molecule has 2 N–H and O–H groups in total. The van der Waals surface area contributed by atoms with Gasteiger partial charge in [-0.1, -0.05) is 44.8 Å². The van der Waals surface area contributed by atoms with Crippen molar-refractivity contribution in [3.05, 3.63) is 57.6 Å². The molecule has 2 saturated heterocycles. The maximum atomic E-state index is 13.1. The number of hydrogen-bond acceptors (Lipinski definition) is 6. The molecule has 0 unspecified atom stereocenters. The van der Waals surface area contributed by atoms with Crippen LogP contribution in [0.3, 0.4) is 0 Å². The molecule has 0 aliphatic carbocycles. The Bertz CT molecular complexity index is 1030. The Morgan fingerprint density at radius 2 is 1.11 bits per heavy atom. The molecule has 2 aliphatic heterocycles. The Balaban J connectivity index is 1.39. The molecule has 2 amide bonds. The molecule has 10 heteroatoms. The Hall–Kier alpha value is -1.42. The van der Waals surface area contributed by atoms with E-state index in [9.17, 15) is 9.59 Å². The van der Waals surface area contributed by atoms with Crippen molar-refractivity contribution in [2.45, 2.75) is 35.5 Å². The van der Waals surface area contributed by atoms with E-state index in [-0.39, 0.29) is 11.8 Å². The van der Waals surface area contributed by atoms with Crippen LogP contribution in [0.15, 0.2) is 46.2 Å². The summed E-state index contributed by atoms with van der Waals surface area (Å²) in [6, 6.07) is 10.6. The Labute approximate surface area is 244 Å². The van der Waals surface area contributed by atoms with Crippen molar-refractivity contribution in [2.24, 2.45) is 11.8 Å². The van der Waals surface area contributed by atoms with E-state index in [0.29, 0.717) is 46.1 Å². The van der Waals surface area contributed by atoms with Crippen LogP contribution in [0.4, 0.5) is 0 Å². The topological polar surface area (TPSA) is 64.7 Å². The largest absolute Gasteiger partial charge is 0.352 e. The quantitative estimate of drug-likeness (QED) is 0.350. The number of carbonyl (C=O) groups is 2. The summed E-state index contributed by atoms with van der Waals surface area (Å²) < 4.78 is 0. The van der Waals surface area contributed by atoms with Gasteiger partial charge >= 0.3 is 0 Å². The van der Waals surface area contributed by atoms with Gasteiger partial charge in [0.1, 0.15) is 0 Å². The van der Waals surface area contributed by atoms with Crippen molar-refractivity contribution >= 4 is 56.6 Å². The van der Waals surface area contributed by atoms with Gasteiger partial charge in [0, 0.05) is 32.9 Å². The van der Waals surface area contributed by atoms with Crippen LogP contribution in [0.25, 0.3) is 0 Å². The molecule has 2 fully saturated rings. The van der Waals surface area contributed by atoms with Gasteiger partial charge in [-0.15, -0.1) is 0 Å². The molecule has 38 heavy (non-hydrogen) atoms. The number of rotatable bonds is 9. The first-order valence-corrected chi connectivity index (χ1v) is 16.1. The third-order valence-corrected chi connectivity index (χ3v) is 10.3. The zero-order valence-electron chi connectivity index (χ0n) is 22.0. The van der Waals surface area contributed by atoms with Crippen LogP contribution in [0.1, 0.15) is 46.4 Å². The van der Waals surface area contributed by atoms with Crippen LogP contribution >= 0.6 is 44.8 Å². The highest BCUT2D eigenvalue weighted by Gasteiger charge is 2.21. The van der Waals surface area contributed by atoms with Crippen molar-refractivity contribution in [3.63, 3.8) is 0 Å². The molecular weight excluding hydrogens is 559 g/mol. The van der Waals surface area contributed by atoms with Gasteiger partial charge in [0.05, 0.1) is 11.1 Å². The number of hydrogen-bond donors (Lipinski definition) is 2. The summed E-state index contributed by atoms with van der Waals surface area (Å²) in [7, 11) is 7.09. The average molecular weight is 596 g/mol. The second kappa shape index (κ2) is 14.3. The van der Waals surface area contributed by atoms with Gasteiger partial charge in [0.15, 0.2) is 0 Å². The monoisotopic (exact) mass is 594 g/mol. The third-order valence-electron chi connectivity index (χ3n) is 7.38. The van der Waals surface area contributed by atoms with Gasteiger partial charge in [-0.2, -0.15) is 0 Å². The number of benzene rings is 2. The number of piperidine rings is 2. The van der Waals surface area contributed by atoms with E-state index in [1.807, 2.05) is 0 Å². The van der Waals surface area contributed by atoms with Crippen molar-refractivity contribution < 1.29 is 9.59 Å². The highest BCUT2D eigenvalue weighted by atomic mass is 35.5. The van der Waals surface area contributed by atoms with Gasteiger partial charge in [0.25, 0.3) is 11.8 Å². The average Bonchev–Trinajstić information content (AvgIpc) is 2.91. The van der Waals surface area contributed by atoms with E-state index in [2.05, 4.69) is 34.5 Å². The molecule has 0 atom stereocenters. The Morgan fingerprint density at radius 1 is 0.737 bits per heavy atom. The molecule has 0 saturated carbocycles. The minimum atomic E-state index is -0.106. The number of amides is 2. The van der Waals surface area contributed by atoms with E-state index in [1.54, 1.807) is 36.4 Å². The predicted molar refractivity (Wildman–Crippen MR) is 160 cm³/mol. The molecule has 2 aromatic rings. The molecular formula is C28H36Cl2N4O2S2. The lowest BCUT2D eigenvalue weighted by Gasteiger charge is -2.29. The lowest BCUT2D eigenvalue weighted by atomic mass is 9.97. The molecule has 0 aromatic heterocycles. The third kappa shape index (κ3) is 8.54. The second-order valence-electron chi connectivity index (χ2n) is 10.4. The summed E-state index contributed by atoms with van der Waals surface area (Å²) in [6.45, 7) is 5.59. The maximum absolute atomic E-state index is 13.1. The normalized spacial score (nSPS) is 17.9. The molecule has 0 bridgehead atoms. The SMILES string of the molecule is CN1CCC(CNC(=O)c2ccc(Cl)cc2SSc2cc(Cl)ccc2C(=O)NCC2CCN(C)CC2)CC1. The van der Waals surface area contributed by atoms with Gasteiger partial charge in [0.2, 0.25) is 0 Å². The lowest BCUT2D eigenvalue weighted by Crippen LogP contribution is -2.37. The van der Waals surface area contributed by atoms with E-state index >= 15 is 0 Å². The van der Waals surface area contributed by atoms with Gasteiger partial charge in [-0.3, -0.25) is 9.59 Å². The molecule has 2 aromatic carbocycles. The minimum Gasteiger partial charge on any atom is -0.352 e. The first kappa shape index (κ1) is 29.6. The molecule has 206 valence electrons. The minimum absolute atomic E-state index is 0.106. The summed E-state index contributed by atoms with van der Waals surface area (Å²) >= 11 is 12.6. The van der Waals surface area contributed by atoms with E-state index < -0.39 is 0 Å². The van der Waals surface area contributed by atoms with Crippen molar-refractivity contribution in [1.82, 2.24) is 20.4 Å². The summed E-state index contributed by atoms with van der Waals surface area (Å²) in [6.07, 6.45) is 4.36. The first-order valence-electron chi connectivity index (χ1n) is 13.2. The predicted octanol–water partition coefficient (Wildman–Crippen LogP) is 5.94. The molecule has 2 heterocycles. The lowest BCUT2D eigenvalue weighted by molar-refractivity contribution is 0.0928. The zero-order valence-corrected chi connectivity index (χ0v) is 25.1. The van der Waals surface area contributed by atoms with Crippen LogP contribution < -0.4 is 10.6 Å². The first-order chi connectivity index (χ1) is 18.3. The fourth-order valence-corrected chi connectivity index (χ4v) is 7.66. The summed E-state index contributed by atoms with van der Waals surface area (Å²) in [4.78, 5) is 32.4. The van der Waals surface area contributed by atoms with E-state index in [0.717, 1.165) is 61.7 Å². The fourth-order valence-electron chi connectivity index (χ4n) is 4.79. The van der Waals surface area contributed by atoms with Crippen molar-refractivity contribution in [2.75, 3.05) is 53.4 Å². The van der Waals surface area contributed by atoms with Crippen molar-refractivity contribution in [3.8, 4) is 0 Å². The molecule has 4 rings (SSSR count). The smallest absolute Gasteiger partial charge is 0.252 e. The van der Waals surface area contributed by atoms with Crippen LogP contribution in [-0.2, 0) is 0 Å². The summed E-state index contributed by atoms with van der Waals surface area (Å²) in [5.74, 6) is 0.779. The van der Waals surface area contributed by atoms with Crippen LogP contribution in [0.2, 0.25) is 10.0 Å². The maximum Gasteiger partial charge on any atom is 0.252 e. The second-order valence-corrected chi connectivity index (χ2v) is 13.4. The van der Waals surface area contributed by atoms with E-state index in [1.165, 1.54) is 21.6 Å². The molecule has 0 radical (unpaired) electrons. The van der Waals surface area contributed by atoms with Crippen LogP contribution in [0, 0.1) is 11.8 Å². The number of likely N-dealkylation sites (tertiary alicyclic amines) is 2. The van der Waals surface area contributed by atoms with Gasteiger partial charge < -0.3 is 20.4 Å². The standard InChI is InChI=1S/C28H36Cl2N4O2S2/c1-33-11-7-19(8-12-33)17-31-27(35)23-5-3-21(29)15-25(23)37-38-26-16-22(30)4-6-24(26)28(36)32-18-20-9-13-34(2)14-10-20/h3-6,15-16,19-20H,7-14,17-18H2,1-2H3,(H,31,35)(H,32,36). The highest BCUT2D eigenvalue weighted by Crippen LogP contribution is 2.42. The summed E-state index contributed by atoms with van der Waals surface area (Å²) in [5, 5.41) is 7.35. The molecule has 6 nitrogen and oxygen atoms in total. The fraction of sp³-hybridized carbons (Fsp3) is 0.500. The molecule has 2 aliphatic rings. The van der Waals surface area contributed by atoms with Gasteiger partial charge in [-0.05, 0) is 114 Å². The van der Waals surface area contributed by atoms with Crippen LogP contribution in [-0.4, -0.2) is 75.0 Å². The van der Waals surface area contributed by atoms with Crippen molar-refractivity contribution in [1.29, 1.82) is 0 Å². The van der Waals surface area contributed by atoms with Crippen LogP contribution in [0.5, 0.6) is 0 Å².